The van der Waals surface area contributed by atoms with E-state index in [-0.39, 0.29) is 11.5 Å². The van der Waals surface area contributed by atoms with E-state index in [1.807, 2.05) is 6.92 Å². The molecular formula is C11H20O. The van der Waals surface area contributed by atoms with E-state index < -0.39 is 0 Å². The van der Waals surface area contributed by atoms with Gasteiger partial charge < -0.3 is 4.74 Å². The highest BCUT2D eigenvalue weighted by molar-refractivity contribution is 5.19. The summed E-state index contributed by atoms with van der Waals surface area (Å²) in [7, 11) is 0. The third-order valence-electron chi connectivity index (χ3n) is 1.72. The van der Waals surface area contributed by atoms with Gasteiger partial charge in [0.15, 0.2) is 0 Å². The van der Waals surface area contributed by atoms with E-state index in [0.717, 1.165) is 12.2 Å². The van der Waals surface area contributed by atoms with E-state index in [0.29, 0.717) is 0 Å². The van der Waals surface area contributed by atoms with Crippen LogP contribution in [-0.2, 0) is 4.74 Å². The summed E-state index contributed by atoms with van der Waals surface area (Å²) < 4.78 is 5.59. The SMILES string of the molecule is C=CC(=C)C(OCC)C(C)(C)C. The fourth-order valence-electron chi connectivity index (χ4n) is 1.19. The molecule has 1 atom stereocenters. The van der Waals surface area contributed by atoms with Gasteiger partial charge in [-0.1, -0.05) is 40.0 Å². The van der Waals surface area contributed by atoms with Crippen molar-refractivity contribution in [3.8, 4) is 0 Å². The molecule has 0 heterocycles. The maximum absolute atomic E-state index is 5.59. The van der Waals surface area contributed by atoms with Gasteiger partial charge in [-0.15, -0.1) is 0 Å². The Hall–Kier alpha value is -0.560. The smallest absolute Gasteiger partial charge is 0.0867 e. The molecule has 0 rings (SSSR count). The van der Waals surface area contributed by atoms with Crippen LogP contribution in [0.1, 0.15) is 27.7 Å². The van der Waals surface area contributed by atoms with Crippen LogP contribution in [0.5, 0.6) is 0 Å². The molecule has 0 bridgehead atoms. The van der Waals surface area contributed by atoms with Crippen LogP contribution in [0.25, 0.3) is 0 Å². The molecule has 0 spiro atoms. The maximum atomic E-state index is 5.59. The fourth-order valence-corrected chi connectivity index (χ4v) is 1.19. The van der Waals surface area contributed by atoms with Gasteiger partial charge in [-0.2, -0.15) is 0 Å². The molecule has 0 aromatic rings. The van der Waals surface area contributed by atoms with Crippen LogP contribution in [-0.4, -0.2) is 12.7 Å². The molecule has 0 saturated carbocycles. The second-order valence-corrected chi connectivity index (χ2v) is 3.98. The molecule has 0 aliphatic carbocycles. The average molecular weight is 168 g/mol. The van der Waals surface area contributed by atoms with Crippen molar-refractivity contribution in [2.24, 2.45) is 5.41 Å². The first kappa shape index (κ1) is 11.4. The summed E-state index contributed by atoms with van der Waals surface area (Å²) in [6.07, 6.45) is 1.85. The second kappa shape index (κ2) is 4.46. The Morgan fingerprint density at radius 3 is 2.25 bits per heavy atom. The molecule has 1 unspecified atom stereocenters. The van der Waals surface area contributed by atoms with Crippen molar-refractivity contribution in [3.05, 3.63) is 24.8 Å². The van der Waals surface area contributed by atoms with Crippen molar-refractivity contribution in [3.63, 3.8) is 0 Å². The minimum atomic E-state index is 0.0833. The lowest BCUT2D eigenvalue weighted by molar-refractivity contribution is 0.0171. The minimum Gasteiger partial charge on any atom is -0.373 e. The van der Waals surface area contributed by atoms with E-state index in [1.54, 1.807) is 6.08 Å². The molecule has 0 fully saturated rings. The van der Waals surface area contributed by atoms with Crippen molar-refractivity contribution < 1.29 is 4.74 Å². The quantitative estimate of drug-likeness (QED) is 0.586. The number of ether oxygens (including phenoxy) is 1. The first-order valence-electron chi connectivity index (χ1n) is 4.36. The molecule has 0 N–H and O–H groups in total. The van der Waals surface area contributed by atoms with Crippen LogP contribution in [0.15, 0.2) is 24.8 Å². The Bertz CT molecular complexity index is 162. The summed E-state index contributed by atoms with van der Waals surface area (Å²) in [5.41, 5.74) is 1.06. The molecule has 1 heteroatoms. The topological polar surface area (TPSA) is 9.23 Å². The number of hydrogen-bond acceptors (Lipinski definition) is 1. The normalized spacial score (nSPS) is 14.0. The lowest BCUT2D eigenvalue weighted by atomic mass is 9.85. The standard InChI is InChI=1S/C11H20O/c1-7-9(3)10(12-8-2)11(4,5)6/h7,10H,1,3,8H2,2,4-6H3. The average Bonchev–Trinajstić information content (AvgIpc) is 1.96. The van der Waals surface area contributed by atoms with Crippen LogP contribution in [0.3, 0.4) is 0 Å². The van der Waals surface area contributed by atoms with E-state index in [1.165, 1.54) is 0 Å². The highest BCUT2D eigenvalue weighted by Gasteiger charge is 2.25. The molecular weight excluding hydrogens is 148 g/mol. The monoisotopic (exact) mass is 168 g/mol. The van der Waals surface area contributed by atoms with Gasteiger partial charge >= 0.3 is 0 Å². The Balaban J connectivity index is 4.43. The first-order valence-corrected chi connectivity index (χ1v) is 4.36. The predicted octanol–water partition coefficient (Wildman–Crippen LogP) is 3.18. The molecule has 0 amide bonds. The largest absolute Gasteiger partial charge is 0.373 e. The molecule has 0 aromatic carbocycles. The Morgan fingerprint density at radius 1 is 1.50 bits per heavy atom. The summed E-state index contributed by atoms with van der Waals surface area (Å²) in [5.74, 6) is 0. The highest BCUT2D eigenvalue weighted by Crippen LogP contribution is 2.27. The highest BCUT2D eigenvalue weighted by atomic mass is 16.5. The van der Waals surface area contributed by atoms with E-state index in [9.17, 15) is 0 Å². The molecule has 0 aromatic heterocycles. The van der Waals surface area contributed by atoms with Crippen LogP contribution >= 0.6 is 0 Å². The van der Waals surface area contributed by atoms with E-state index in [2.05, 4.69) is 33.9 Å². The molecule has 12 heavy (non-hydrogen) atoms. The summed E-state index contributed by atoms with van der Waals surface area (Å²) in [5, 5.41) is 0. The maximum Gasteiger partial charge on any atom is 0.0867 e. The van der Waals surface area contributed by atoms with Gasteiger partial charge in [-0.05, 0) is 17.9 Å². The Labute approximate surface area is 76.1 Å². The lowest BCUT2D eigenvalue weighted by Gasteiger charge is -2.30. The van der Waals surface area contributed by atoms with Gasteiger partial charge in [0.25, 0.3) is 0 Å². The zero-order valence-electron chi connectivity index (χ0n) is 8.68. The fraction of sp³-hybridized carbons (Fsp3) is 0.636. The summed E-state index contributed by atoms with van der Waals surface area (Å²) in [6, 6.07) is 0. The van der Waals surface area contributed by atoms with Crippen LogP contribution < -0.4 is 0 Å². The third kappa shape index (κ3) is 3.22. The molecule has 0 aliphatic rings. The van der Waals surface area contributed by atoms with Crippen molar-refractivity contribution in [2.75, 3.05) is 6.61 Å². The van der Waals surface area contributed by atoms with Crippen molar-refractivity contribution in [1.82, 2.24) is 0 Å². The number of rotatable bonds is 4. The minimum absolute atomic E-state index is 0.0833. The van der Waals surface area contributed by atoms with E-state index in [4.69, 9.17) is 4.74 Å². The number of hydrogen-bond donors (Lipinski definition) is 0. The van der Waals surface area contributed by atoms with Gasteiger partial charge in [0.2, 0.25) is 0 Å². The van der Waals surface area contributed by atoms with Gasteiger partial charge in [-0.3, -0.25) is 0 Å². The van der Waals surface area contributed by atoms with Crippen LogP contribution in [0.2, 0.25) is 0 Å². The van der Waals surface area contributed by atoms with Gasteiger partial charge in [0.05, 0.1) is 6.10 Å². The Morgan fingerprint density at radius 2 is 2.00 bits per heavy atom. The van der Waals surface area contributed by atoms with Crippen molar-refractivity contribution in [2.45, 2.75) is 33.8 Å². The summed E-state index contributed by atoms with van der Waals surface area (Å²) >= 11 is 0. The zero-order valence-corrected chi connectivity index (χ0v) is 8.68. The zero-order chi connectivity index (χ0) is 9.78. The molecule has 0 radical (unpaired) electrons. The first-order chi connectivity index (χ1) is 5.43. The van der Waals surface area contributed by atoms with E-state index >= 15 is 0 Å². The van der Waals surface area contributed by atoms with Gasteiger partial charge in [0, 0.05) is 6.61 Å². The van der Waals surface area contributed by atoms with Gasteiger partial charge in [-0.25, -0.2) is 0 Å². The predicted molar refractivity (Wildman–Crippen MR) is 54.2 cm³/mol. The van der Waals surface area contributed by atoms with Crippen molar-refractivity contribution in [1.29, 1.82) is 0 Å². The lowest BCUT2D eigenvalue weighted by Crippen LogP contribution is -2.30. The molecule has 0 aliphatic heterocycles. The third-order valence-corrected chi connectivity index (χ3v) is 1.72. The van der Waals surface area contributed by atoms with Crippen molar-refractivity contribution >= 4 is 0 Å². The molecule has 0 saturated heterocycles. The molecule has 1 nitrogen and oxygen atoms in total. The van der Waals surface area contributed by atoms with Crippen LogP contribution in [0, 0.1) is 5.41 Å². The summed E-state index contributed by atoms with van der Waals surface area (Å²) in [4.78, 5) is 0. The van der Waals surface area contributed by atoms with Crippen LogP contribution in [0.4, 0.5) is 0 Å². The second-order valence-electron chi connectivity index (χ2n) is 3.98. The molecule has 70 valence electrons. The Kier molecular flexibility index (Phi) is 4.25. The van der Waals surface area contributed by atoms with Gasteiger partial charge in [0.1, 0.15) is 0 Å². The summed E-state index contributed by atoms with van der Waals surface area (Å²) in [6.45, 7) is 16.7.